The molecule has 0 saturated carbocycles. The van der Waals surface area contributed by atoms with Crippen LogP contribution in [0.2, 0.25) is 0 Å². The molecule has 0 unspecified atom stereocenters. The summed E-state index contributed by atoms with van der Waals surface area (Å²) < 4.78 is 30.3. The molecule has 1 amide bonds. The highest BCUT2D eigenvalue weighted by Gasteiger charge is 2.29. The Morgan fingerprint density at radius 3 is 2.75 bits per heavy atom. The third-order valence-electron chi connectivity index (χ3n) is 3.74. The normalized spacial score (nSPS) is 16.3. The quantitative estimate of drug-likeness (QED) is 0.894. The van der Waals surface area contributed by atoms with Crippen molar-refractivity contribution in [3.8, 4) is 0 Å². The van der Waals surface area contributed by atoms with Crippen LogP contribution in [0.3, 0.4) is 0 Å². The number of hydrogen-bond acceptors (Lipinski definition) is 6. The topological polar surface area (TPSA) is 105 Å². The molecule has 1 fully saturated rings. The Bertz CT molecular complexity index is 875. The number of aryl methyl sites for hydroxylation is 2. The molecule has 1 aromatic heterocycles. The summed E-state index contributed by atoms with van der Waals surface area (Å²) >= 11 is 0. The van der Waals surface area contributed by atoms with E-state index >= 15 is 0 Å². The molecule has 128 valence electrons. The zero-order valence-electron chi connectivity index (χ0n) is 13.4. The van der Waals surface area contributed by atoms with Gasteiger partial charge in [0, 0.05) is 19.2 Å². The first-order chi connectivity index (χ1) is 11.3. The Balaban J connectivity index is 1.71. The van der Waals surface area contributed by atoms with Crippen LogP contribution in [0.5, 0.6) is 0 Å². The minimum atomic E-state index is -3.22. The minimum absolute atomic E-state index is 0.0125. The van der Waals surface area contributed by atoms with Gasteiger partial charge in [-0.15, -0.1) is 0 Å². The lowest BCUT2D eigenvalue weighted by atomic mass is 10.1. The van der Waals surface area contributed by atoms with Gasteiger partial charge in [-0.1, -0.05) is 5.16 Å². The van der Waals surface area contributed by atoms with E-state index in [9.17, 15) is 13.2 Å². The molecule has 1 aromatic carbocycles. The Labute approximate surface area is 139 Å². The summed E-state index contributed by atoms with van der Waals surface area (Å²) in [5.74, 6) is 0.637. The Kier molecular flexibility index (Phi) is 4.27. The molecule has 9 heteroatoms. The molecule has 0 radical (unpaired) electrons. The molecule has 2 aromatic rings. The second-order valence-electron chi connectivity index (χ2n) is 5.70. The molecule has 0 spiro atoms. The van der Waals surface area contributed by atoms with Crippen molar-refractivity contribution < 1.29 is 17.7 Å². The van der Waals surface area contributed by atoms with E-state index in [1.165, 1.54) is 4.31 Å². The van der Waals surface area contributed by atoms with Crippen molar-refractivity contribution in [2.45, 2.75) is 26.7 Å². The first-order valence-corrected chi connectivity index (χ1v) is 9.16. The van der Waals surface area contributed by atoms with Crippen LogP contribution in [0.1, 0.15) is 23.7 Å². The number of sulfonamides is 1. The number of nitrogens with zero attached hydrogens (tertiary/aromatic N) is 3. The fraction of sp³-hybridized carbons (Fsp3) is 0.400. The number of amides is 1. The third-order valence-corrected chi connectivity index (χ3v) is 5.59. The minimum Gasteiger partial charge on any atom is -0.340 e. The fourth-order valence-electron chi connectivity index (χ4n) is 2.69. The SMILES string of the molecule is Cc1nc(CC(=O)Nc2ccc(N3CCCS3(=O)=O)c(C)c2)no1. The van der Waals surface area contributed by atoms with Gasteiger partial charge in [-0.05, 0) is 37.1 Å². The predicted octanol–water partition coefficient (Wildman–Crippen LogP) is 1.41. The van der Waals surface area contributed by atoms with Crippen LogP contribution in [-0.4, -0.2) is 36.8 Å². The van der Waals surface area contributed by atoms with E-state index in [0.717, 1.165) is 5.56 Å². The molecule has 8 nitrogen and oxygen atoms in total. The predicted molar refractivity (Wildman–Crippen MR) is 88.3 cm³/mol. The smallest absolute Gasteiger partial charge is 0.235 e. The highest BCUT2D eigenvalue weighted by molar-refractivity contribution is 7.93. The first kappa shape index (κ1) is 16.4. The molecule has 1 N–H and O–H groups in total. The van der Waals surface area contributed by atoms with Crippen molar-refractivity contribution in [2.24, 2.45) is 0 Å². The van der Waals surface area contributed by atoms with Crippen molar-refractivity contribution in [3.63, 3.8) is 0 Å². The molecule has 0 atom stereocenters. The van der Waals surface area contributed by atoms with Crippen molar-refractivity contribution in [1.29, 1.82) is 0 Å². The van der Waals surface area contributed by atoms with E-state index in [1.54, 1.807) is 25.1 Å². The molecule has 1 aliphatic heterocycles. The molecule has 24 heavy (non-hydrogen) atoms. The fourth-order valence-corrected chi connectivity index (χ4v) is 4.31. The van der Waals surface area contributed by atoms with E-state index in [1.807, 2.05) is 6.92 Å². The number of anilines is 2. The summed E-state index contributed by atoms with van der Waals surface area (Å²) in [7, 11) is -3.22. The number of aromatic nitrogens is 2. The summed E-state index contributed by atoms with van der Waals surface area (Å²) in [6, 6.07) is 5.16. The lowest BCUT2D eigenvalue weighted by molar-refractivity contribution is -0.115. The molecular formula is C15H18N4O4S. The number of carbonyl (C=O) groups is 1. The average molecular weight is 350 g/mol. The van der Waals surface area contributed by atoms with Crippen LogP contribution in [0.15, 0.2) is 22.7 Å². The van der Waals surface area contributed by atoms with Crippen LogP contribution in [0.25, 0.3) is 0 Å². The van der Waals surface area contributed by atoms with Crippen molar-refractivity contribution >= 4 is 27.3 Å². The summed E-state index contributed by atoms with van der Waals surface area (Å²) in [5, 5.41) is 6.43. The van der Waals surface area contributed by atoms with Gasteiger partial charge in [0.1, 0.15) is 0 Å². The van der Waals surface area contributed by atoms with Crippen LogP contribution in [-0.2, 0) is 21.2 Å². The monoisotopic (exact) mass is 350 g/mol. The Morgan fingerprint density at radius 2 is 2.17 bits per heavy atom. The number of hydrogen-bond donors (Lipinski definition) is 1. The van der Waals surface area contributed by atoms with E-state index < -0.39 is 10.0 Å². The summed E-state index contributed by atoms with van der Waals surface area (Å²) in [5.41, 5.74) is 2.03. The van der Waals surface area contributed by atoms with Gasteiger partial charge < -0.3 is 9.84 Å². The zero-order chi connectivity index (χ0) is 17.3. The maximum Gasteiger partial charge on any atom is 0.235 e. The van der Waals surface area contributed by atoms with Crippen LogP contribution < -0.4 is 9.62 Å². The van der Waals surface area contributed by atoms with E-state index in [4.69, 9.17) is 4.52 Å². The van der Waals surface area contributed by atoms with Crippen LogP contribution >= 0.6 is 0 Å². The van der Waals surface area contributed by atoms with Crippen LogP contribution in [0.4, 0.5) is 11.4 Å². The Hall–Kier alpha value is -2.42. The number of nitrogens with one attached hydrogen (secondary N) is 1. The van der Waals surface area contributed by atoms with Crippen molar-refractivity contribution in [2.75, 3.05) is 21.9 Å². The molecule has 0 bridgehead atoms. The van der Waals surface area contributed by atoms with Gasteiger partial charge in [0.15, 0.2) is 5.82 Å². The van der Waals surface area contributed by atoms with E-state index in [2.05, 4.69) is 15.5 Å². The van der Waals surface area contributed by atoms with Gasteiger partial charge in [0.2, 0.25) is 21.8 Å². The van der Waals surface area contributed by atoms with Gasteiger partial charge in [-0.2, -0.15) is 4.98 Å². The van der Waals surface area contributed by atoms with E-state index in [-0.39, 0.29) is 18.1 Å². The second-order valence-corrected chi connectivity index (χ2v) is 7.71. The molecule has 1 aliphatic rings. The summed E-state index contributed by atoms with van der Waals surface area (Å²) in [6.45, 7) is 3.97. The maximum absolute atomic E-state index is 12.0. The van der Waals surface area contributed by atoms with Gasteiger partial charge in [0.05, 0.1) is 17.9 Å². The lowest BCUT2D eigenvalue weighted by Gasteiger charge is -2.20. The van der Waals surface area contributed by atoms with Gasteiger partial charge in [0.25, 0.3) is 0 Å². The second kappa shape index (κ2) is 6.23. The largest absolute Gasteiger partial charge is 0.340 e. The number of carbonyl (C=O) groups excluding carboxylic acids is 1. The van der Waals surface area contributed by atoms with Crippen molar-refractivity contribution in [1.82, 2.24) is 10.1 Å². The van der Waals surface area contributed by atoms with Gasteiger partial charge in [-0.25, -0.2) is 8.42 Å². The maximum atomic E-state index is 12.0. The van der Waals surface area contributed by atoms with Crippen LogP contribution in [0, 0.1) is 13.8 Å². The lowest BCUT2D eigenvalue weighted by Crippen LogP contribution is -2.25. The molecule has 3 rings (SSSR count). The van der Waals surface area contributed by atoms with Gasteiger partial charge in [-0.3, -0.25) is 9.10 Å². The first-order valence-electron chi connectivity index (χ1n) is 7.55. The van der Waals surface area contributed by atoms with E-state index in [0.29, 0.717) is 36.1 Å². The number of benzene rings is 1. The zero-order valence-corrected chi connectivity index (χ0v) is 14.3. The third kappa shape index (κ3) is 3.40. The average Bonchev–Trinajstić information content (AvgIpc) is 3.04. The number of rotatable bonds is 4. The molecule has 1 saturated heterocycles. The van der Waals surface area contributed by atoms with Crippen molar-refractivity contribution in [3.05, 3.63) is 35.5 Å². The standard InChI is InChI=1S/C15H18N4O4S/c1-10-8-12(17-15(20)9-14-16-11(2)23-18-14)4-5-13(10)19-6-3-7-24(19,21)22/h4-5,8H,3,6-7,9H2,1-2H3,(H,17,20). The summed E-state index contributed by atoms with van der Waals surface area (Å²) in [6.07, 6.45) is 0.642. The molecule has 0 aliphatic carbocycles. The highest BCUT2D eigenvalue weighted by atomic mass is 32.2. The molecular weight excluding hydrogens is 332 g/mol. The Morgan fingerprint density at radius 1 is 1.38 bits per heavy atom. The highest BCUT2D eigenvalue weighted by Crippen LogP contribution is 2.29. The summed E-state index contributed by atoms with van der Waals surface area (Å²) in [4.78, 5) is 16.0. The van der Waals surface area contributed by atoms with Gasteiger partial charge >= 0.3 is 0 Å². The molecule has 2 heterocycles.